The molecule has 68 valence electrons. The van der Waals surface area contributed by atoms with Crippen molar-refractivity contribution >= 4 is 0 Å². The summed E-state index contributed by atoms with van der Waals surface area (Å²) in [6, 6.07) is 4.21. The Hall–Kier alpha value is -0.800. The molecule has 0 spiro atoms. The summed E-state index contributed by atoms with van der Waals surface area (Å²) < 4.78 is 5.47. The van der Waals surface area contributed by atoms with Crippen LogP contribution in [0.3, 0.4) is 0 Å². The van der Waals surface area contributed by atoms with Crippen molar-refractivity contribution in [1.82, 2.24) is 5.32 Å². The summed E-state index contributed by atoms with van der Waals surface area (Å²) in [5.74, 6) is 1.92. The molecule has 3 nitrogen and oxygen atoms in total. The number of nitrogens with two attached hydrogens (primary N) is 1. The lowest BCUT2D eigenvalue weighted by Crippen LogP contribution is -2.19. The molecule has 1 rings (SSSR count). The highest BCUT2D eigenvalue weighted by Crippen LogP contribution is 2.17. The van der Waals surface area contributed by atoms with Crippen LogP contribution in [-0.2, 0) is 0 Å². The van der Waals surface area contributed by atoms with Gasteiger partial charge in [0.15, 0.2) is 0 Å². The van der Waals surface area contributed by atoms with Crippen molar-refractivity contribution in [1.29, 1.82) is 0 Å². The van der Waals surface area contributed by atoms with Crippen molar-refractivity contribution in [3.8, 4) is 0 Å². The maximum absolute atomic E-state index is 5.47. The second kappa shape index (κ2) is 4.28. The number of hydrogen-bond acceptors (Lipinski definition) is 3. The predicted octanol–water partition coefficient (Wildman–Crippen LogP) is 1.20. The molecule has 0 aliphatic heterocycles. The van der Waals surface area contributed by atoms with Crippen molar-refractivity contribution in [2.75, 3.05) is 13.6 Å². The van der Waals surface area contributed by atoms with Gasteiger partial charge in [0.1, 0.15) is 11.5 Å². The molecular formula is C9H16N2O. The monoisotopic (exact) mass is 168 g/mol. The lowest BCUT2D eigenvalue weighted by molar-refractivity contribution is 0.404. The van der Waals surface area contributed by atoms with Gasteiger partial charge in [-0.05, 0) is 39.1 Å². The number of rotatable bonds is 4. The van der Waals surface area contributed by atoms with E-state index in [1.165, 1.54) is 0 Å². The van der Waals surface area contributed by atoms with Gasteiger partial charge in [-0.2, -0.15) is 0 Å². The number of aryl methyl sites for hydroxylation is 1. The van der Waals surface area contributed by atoms with Crippen LogP contribution in [0.2, 0.25) is 0 Å². The average molecular weight is 168 g/mol. The summed E-state index contributed by atoms with van der Waals surface area (Å²) in [6.45, 7) is 2.62. The van der Waals surface area contributed by atoms with Crippen molar-refractivity contribution in [2.24, 2.45) is 5.73 Å². The molecule has 12 heavy (non-hydrogen) atoms. The molecule has 1 aromatic rings. The van der Waals surface area contributed by atoms with Gasteiger partial charge >= 0.3 is 0 Å². The predicted molar refractivity (Wildman–Crippen MR) is 48.9 cm³/mol. The summed E-state index contributed by atoms with van der Waals surface area (Å²) in [6.07, 6.45) is 0.906. The van der Waals surface area contributed by atoms with Gasteiger partial charge in [0.25, 0.3) is 0 Å². The van der Waals surface area contributed by atoms with E-state index in [-0.39, 0.29) is 6.04 Å². The van der Waals surface area contributed by atoms with Crippen LogP contribution in [0.15, 0.2) is 16.5 Å². The van der Waals surface area contributed by atoms with Crippen molar-refractivity contribution in [3.05, 3.63) is 23.7 Å². The van der Waals surface area contributed by atoms with E-state index >= 15 is 0 Å². The minimum absolute atomic E-state index is 0.253. The van der Waals surface area contributed by atoms with Crippen LogP contribution in [0, 0.1) is 6.92 Å². The first kappa shape index (κ1) is 9.29. The number of hydrogen-bond donors (Lipinski definition) is 2. The van der Waals surface area contributed by atoms with Crippen LogP contribution >= 0.6 is 0 Å². The van der Waals surface area contributed by atoms with Gasteiger partial charge in [-0.1, -0.05) is 0 Å². The summed E-state index contributed by atoms with van der Waals surface area (Å²) in [7, 11) is 1.91. The topological polar surface area (TPSA) is 51.2 Å². The zero-order valence-electron chi connectivity index (χ0n) is 7.63. The third-order valence-electron chi connectivity index (χ3n) is 1.91. The molecule has 0 fully saturated rings. The molecule has 0 radical (unpaired) electrons. The first-order chi connectivity index (χ1) is 5.77. The molecule has 0 amide bonds. The van der Waals surface area contributed by atoms with E-state index in [1.807, 2.05) is 26.1 Å². The SMILES string of the molecule is CNC(CCN)c1ccc(C)o1. The Morgan fingerprint density at radius 3 is 2.75 bits per heavy atom. The number of nitrogens with one attached hydrogen (secondary N) is 1. The molecule has 0 bridgehead atoms. The Morgan fingerprint density at radius 2 is 2.33 bits per heavy atom. The normalized spacial score (nSPS) is 13.2. The molecular weight excluding hydrogens is 152 g/mol. The van der Waals surface area contributed by atoms with Crippen LogP contribution in [0.25, 0.3) is 0 Å². The van der Waals surface area contributed by atoms with E-state index in [2.05, 4.69) is 5.32 Å². The third kappa shape index (κ3) is 2.09. The maximum Gasteiger partial charge on any atom is 0.121 e. The first-order valence-corrected chi connectivity index (χ1v) is 4.21. The highest BCUT2D eigenvalue weighted by Gasteiger charge is 2.10. The molecule has 3 heteroatoms. The highest BCUT2D eigenvalue weighted by molar-refractivity contribution is 5.09. The van der Waals surface area contributed by atoms with Crippen LogP contribution in [0.5, 0.6) is 0 Å². The largest absolute Gasteiger partial charge is 0.465 e. The fourth-order valence-electron chi connectivity index (χ4n) is 1.24. The van der Waals surface area contributed by atoms with Gasteiger partial charge in [0.2, 0.25) is 0 Å². The van der Waals surface area contributed by atoms with Gasteiger partial charge in [0, 0.05) is 0 Å². The maximum atomic E-state index is 5.47. The first-order valence-electron chi connectivity index (χ1n) is 4.21. The smallest absolute Gasteiger partial charge is 0.121 e. The van der Waals surface area contributed by atoms with E-state index < -0.39 is 0 Å². The molecule has 1 unspecified atom stereocenters. The van der Waals surface area contributed by atoms with Crippen molar-refractivity contribution in [2.45, 2.75) is 19.4 Å². The average Bonchev–Trinajstić information content (AvgIpc) is 2.47. The second-order valence-corrected chi connectivity index (χ2v) is 2.87. The zero-order chi connectivity index (χ0) is 8.97. The Morgan fingerprint density at radius 1 is 1.58 bits per heavy atom. The highest BCUT2D eigenvalue weighted by atomic mass is 16.3. The summed E-state index contributed by atoms with van der Waals surface area (Å²) in [5, 5.41) is 3.16. The molecule has 3 N–H and O–H groups in total. The minimum Gasteiger partial charge on any atom is -0.465 e. The number of furan rings is 1. The van der Waals surface area contributed by atoms with E-state index in [0.29, 0.717) is 6.54 Å². The molecule has 0 saturated carbocycles. The second-order valence-electron chi connectivity index (χ2n) is 2.87. The fraction of sp³-hybridized carbons (Fsp3) is 0.556. The zero-order valence-corrected chi connectivity index (χ0v) is 7.63. The van der Waals surface area contributed by atoms with Crippen LogP contribution in [-0.4, -0.2) is 13.6 Å². The van der Waals surface area contributed by atoms with Gasteiger partial charge in [-0.25, -0.2) is 0 Å². The van der Waals surface area contributed by atoms with Crippen molar-refractivity contribution < 1.29 is 4.42 Å². The Kier molecular flexibility index (Phi) is 3.31. The Balaban J connectivity index is 2.66. The van der Waals surface area contributed by atoms with E-state index in [9.17, 15) is 0 Å². The fourth-order valence-corrected chi connectivity index (χ4v) is 1.24. The van der Waals surface area contributed by atoms with Crippen LogP contribution < -0.4 is 11.1 Å². The third-order valence-corrected chi connectivity index (χ3v) is 1.91. The van der Waals surface area contributed by atoms with Crippen LogP contribution in [0.4, 0.5) is 0 Å². The van der Waals surface area contributed by atoms with Crippen molar-refractivity contribution in [3.63, 3.8) is 0 Å². The Bertz CT molecular complexity index is 232. The van der Waals surface area contributed by atoms with E-state index in [0.717, 1.165) is 17.9 Å². The van der Waals surface area contributed by atoms with Gasteiger partial charge in [-0.3, -0.25) is 0 Å². The summed E-state index contributed by atoms with van der Waals surface area (Å²) >= 11 is 0. The molecule has 0 aromatic carbocycles. The van der Waals surface area contributed by atoms with Gasteiger partial charge in [-0.15, -0.1) is 0 Å². The minimum atomic E-state index is 0.253. The molecule has 1 aromatic heterocycles. The van der Waals surface area contributed by atoms with Gasteiger partial charge in [0.05, 0.1) is 6.04 Å². The Labute approximate surface area is 72.9 Å². The van der Waals surface area contributed by atoms with E-state index in [4.69, 9.17) is 10.2 Å². The lowest BCUT2D eigenvalue weighted by Gasteiger charge is -2.11. The van der Waals surface area contributed by atoms with Gasteiger partial charge < -0.3 is 15.5 Å². The quantitative estimate of drug-likeness (QED) is 0.710. The molecule has 0 aliphatic carbocycles. The lowest BCUT2D eigenvalue weighted by atomic mass is 10.1. The molecule has 1 heterocycles. The van der Waals surface area contributed by atoms with E-state index in [1.54, 1.807) is 0 Å². The molecule has 1 atom stereocenters. The molecule has 0 saturated heterocycles. The standard InChI is InChI=1S/C9H16N2O/c1-7-3-4-9(12-7)8(11-2)5-6-10/h3-4,8,11H,5-6,10H2,1-2H3. The summed E-state index contributed by atoms with van der Waals surface area (Å²) in [5.41, 5.74) is 5.47. The molecule has 0 aliphatic rings. The van der Waals surface area contributed by atoms with Crippen LogP contribution in [0.1, 0.15) is 24.0 Å². The summed E-state index contributed by atoms with van der Waals surface area (Å²) in [4.78, 5) is 0.